The lowest BCUT2D eigenvalue weighted by Gasteiger charge is -2.18. The molecule has 1 unspecified atom stereocenters. The number of hydrogen-bond acceptors (Lipinski definition) is 2. The maximum Gasteiger partial charge on any atom is 0.141 e. The van der Waals surface area contributed by atoms with Crippen LogP contribution in [0.15, 0.2) is 24.3 Å². The number of benzene rings is 1. The van der Waals surface area contributed by atoms with Gasteiger partial charge in [0.2, 0.25) is 0 Å². The Hall–Kier alpha value is -0.610. The quantitative estimate of drug-likeness (QED) is 0.752. The molecular weight excluding hydrogens is 316 g/mol. The summed E-state index contributed by atoms with van der Waals surface area (Å²) < 4.78 is 14.1. The highest BCUT2D eigenvalue weighted by atomic mass is 35.5. The van der Waals surface area contributed by atoms with Crippen LogP contribution in [0.1, 0.15) is 35.4 Å². The summed E-state index contributed by atoms with van der Waals surface area (Å²) >= 11 is 13.6. The van der Waals surface area contributed by atoms with Gasteiger partial charge in [-0.2, -0.15) is 0 Å². The Morgan fingerprint density at radius 1 is 1.30 bits per heavy atom. The van der Waals surface area contributed by atoms with Crippen LogP contribution in [0.4, 0.5) is 4.39 Å². The second-order valence-electron chi connectivity index (χ2n) is 4.67. The Kier molecular flexibility index (Phi) is 5.44. The third-order valence-electron chi connectivity index (χ3n) is 3.04. The van der Waals surface area contributed by atoms with E-state index in [-0.39, 0.29) is 11.1 Å². The molecule has 0 radical (unpaired) electrons. The van der Waals surface area contributed by atoms with Crippen molar-refractivity contribution in [2.45, 2.75) is 26.3 Å². The van der Waals surface area contributed by atoms with Crippen LogP contribution in [0.3, 0.4) is 0 Å². The van der Waals surface area contributed by atoms with Gasteiger partial charge < -0.3 is 5.32 Å². The molecule has 2 aromatic rings. The van der Waals surface area contributed by atoms with Gasteiger partial charge in [-0.05, 0) is 49.2 Å². The van der Waals surface area contributed by atoms with E-state index >= 15 is 0 Å². The molecule has 0 amide bonds. The van der Waals surface area contributed by atoms with Gasteiger partial charge in [-0.15, -0.1) is 11.3 Å². The molecular formula is C15H16Cl2FNS. The standard InChI is InChI=1S/C15H16Cl2FNS/c1-3-6-19-14(13-7-9(2)15(17)20-13)10-4-5-12(18)11(16)8-10/h4-5,7-8,14,19H,3,6H2,1-2H3. The minimum atomic E-state index is -0.398. The number of nitrogens with one attached hydrogen (secondary N) is 1. The number of rotatable bonds is 5. The van der Waals surface area contributed by atoms with Gasteiger partial charge in [0.05, 0.1) is 15.4 Å². The van der Waals surface area contributed by atoms with Gasteiger partial charge in [-0.25, -0.2) is 4.39 Å². The maximum absolute atomic E-state index is 13.3. The van der Waals surface area contributed by atoms with Crippen molar-refractivity contribution in [1.82, 2.24) is 5.32 Å². The molecule has 0 aliphatic heterocycles. The van der Waals surface area contributed by atoms with E-state index in [0.717, 1.165) is 33.3 Å². The Balaban J connectivity index is 2.38. The fourth-order valence-corrected chi connectivity index (χ4v) is 3.50. The van der Waals surface area contributed by atoms with Gasteiger partial charge in [0, 0.05) is 4.88 Å². The molecule has 108 valence electrons. The average molecular weight is 332 g/mol. The van der Waals surface area contributed by atoms with Crippen LogP contribution in [0.25, 0.3) is 0 Å². The molecule has 0 bridgehead atoms. The van der Waals surface area contributed by atoms with E-state index in [1.807, 2.05) is 6.92 Å². The Bertz CT molecular complexity index is 578. The number of hydrogen-bond donors (Lipinski definition) is 1. The van der Waals surface area contributed by atoms with Crippen LogP contribution in [0, 0.1) is 12.7 Å². The van der Waals surface area contributed by atoms with Gasteiger partial charge in [0.15, 0.2) is 0 Å². The number of thiophene rings is 1. The lowest BCUT2D eigenvalue weighted by Crippen LogP contribution is -2.22. The summed E-state index contributed by atoms with van der Waals surface area (Å²) in [4.78, 5) is 1.11. The Morgan fingerprint density at radius 2 is 2.05 bits per heavy atom. The second kappa shape index (κ2) is 6.90. The third-order valence-corrected chi connectivity index (χ3v) is 4.95. The maximum atomic E-state index is 13.3. The molecule has 0 saturated heterocycles. The fraction of sp³-hybridized carbons (Fsp3) is 0.333. The first kappa shape index (κ1) is 15.8. The van der Waals surface area contributed by atoms with E-state index < -0.39 is 5.82 Å². The molecule has 0 saturated carbocycles. The highest BCUT2D eigenvalue weighted by molar-refractivity contribution is 7.16. The number of aryl methyl sites for hydroxylation is 1. The largest absolute Gasteiger partial charge is 0.306 e. The van der Waals surface area contributed by atoms with Crippen LogP contribution in [-0.4, -0.2) is 6.54 Å². The predicted octanol–water partition coefficient (Wildman–Crippen LogP) is 5.59. The molecule has 1 nitrogen and oxygen atoms in total. The lowest BCUT2D eigenvalue weighted by atomic mass is 10.0. The molecule has 1 aromatic carbocycles. The summed E-state index contributed by atoms with van der Waals surface area (Å²) in [6.07, 6.45) is 1.02. The van der Waals surface area contributed by atoms with Crippen LogP contribution in [0.5, 0.6) is 0 Å². The van der Waals surface area contributed by atoms with Crippen molar-refractivity contribution < 1.29 is 4.39 Å². The first-order valence-corrected chi connectivity index (χ1v) is 8.04. The van der Waals surface area contributed by atoms with Gasteiger partial charge >= 0.3 is 0 Å². The highest BCUT2D eigenvalue weighted by Gasteiger charge is 2.18. The van der Waals surface area contributed by atoms with Gasteiger partial charge in [-0.3, -0.25) is 0 Å². The second-order valence-corrected chi connectivity index (χ2v) is 6.76. The molecule has 20 heavy (non-hydrogen) atoms. The van der Waals surface area contributed by atoms with Crippen molar-refractivity contribution in [1.29, 1.82) is 0 Å². The van der Waals surface area contributed by atoms with Crippen molar-refractivity contribution in [2.24, 2.45) is 0 Å². The van der Waals surface area contributed by atoms with Crippen molar-refractivity contribution in [2.75, 3.05) is 6.54 Å². The summed E-state index contributed by atoms with van der Waals surface area (Å²) in [5.41, 5.74) is 2.01. The predicted molar refractivity (Wildman–Crippen MR) is 85.6 cm³/mol. The minimum absolute atomic E-state index is 0.00995. The molecule has 0 spiro atoms. The van der Waals surface area contributed by atoms with E-state index in [1.54, 1.807) is 23.5 Å². The molecule has 0 fully saturated rings. The normalized spacial score (nSPS) is 12.7. The van der Waals surface area contributed by atoms with Crippen LogP contribution in [0.2, 0.25) is 9.36 Å². The summed E-state index contributed by atoms with van der Waals surface area (Å²) in [6.45, 7) is 4.96. The molecule has 5 heteroatoms. The molecule has 1 heterocycles. The zero-order chi connectivity index (χ0) is 14.7. The molecule has 1 atom stereocenters. The number of halogens is 3. The van der Waals surface area contributed by atoms with E-state index in [2.05, 4.69) is 18.3 Å². The van der Waals surface area contributed by atoms with Gasteiger partial charge in [0.1, 0.15) is 5.82 Å². The molecule has 0 aliphatic carbocycles. The SMILES string of the molecule is CCCNC(c1ccc(F)c(Cl)c1)c1cc(C)c(Cl)s1. The molecule has 0 aliphatic rings. The van der Waals surface area contributed by atoms with Gasteiger partial charge in [-0.1, -0.05) is 36.2 Å². The van der Waals surface area contributed by atoms with Crippen LogP contribution < -0.4 is 5.32 Å². The Morgan fingerprint density at radius 3 is 2.60 bits per heavy atom. The van der Waals surface area contributed by atoms with Crippen LogP contribution >= 0.6 is 34.5 Å². The monoisotopic (exact) mass is 331 g/mol. The summed E-state index contributed by atoms with van der Waals surface area (Å²) in [7, 11) is 0. The van der Waals surface area contributed by atoms with E-state index in [9.17, 15) is 4.39 Å². The van der Waals surface area contributed by atoms with Crippen molar-refractivity contribution in [3.8, 4) is 0 Å². The first-order chi connectivity index (χ1) is 9.52. The summed E-state index contributed by atoms with van der Waals surface area (Å²) in [5, 5.41) is 3.60. The third kappa shape index (κ3) is 3.53. The zero-order valence-electron chi connectivity index (χ0n) is 11.3. The summed E-state index contributed by atoms with van der Waals surface area (Å²) in [6, 6.07) is 6.90. The molecule has 1 N–H and O–H groups in total. The topological polar surface area (TPSA) is 12.0 Å². The van der Waals surface area contributed by atoms with Crippen molar-refractivity contribution in [3.05, 3.63) is 55.4 Å². The molecule has 2 rings (SSSR count). The van der Waals surface area contributed by atoms with E-state index in [0.29, 0.717) is 0 Å². The fourth-order valence-electron chi connectivity index (χ4n) is 1.99. The zero-order valence-corrected chi connectivity index (χ0v) is 13.7. The smallest absolute Gasteiger partial charge is 0.141 e. The van der Waals surface area contributed by atoms with E-state index in [4.69, 9.17) is 23.2 Å². The molecule has 1 aromatic heterocycles. The van der Waals surface area contributed by atoms with Crippen molar-refractivity contribution >= 4 is 34.5 Å². The minimum Gasteiger partial charge on any atom is -0.306 e. The van der Waals surface area contributed by atoms with Gasteiger partial charge in [0.25, 0.3) is 0 Å². The lowest BCUT2D eigenvalue weighted by molar-refractivity contribution is 0.599. The average Bonchev–Trinajstić information content (AvgIpc) is 2.74. The first-order valence-electron chi connectivity index (χ1n) is 6.47. The van der Waals surface area contributed by atoms with E-state index in [1.165, 1.54) is 6.07 Å². The van der Waals surface area contributed by atoms with Crippen LogP contribution in [-0.2, 0) is 0 Å². The Labute approximate surface area is 132 Å². The summed E-state index contributed by atoms with van der Waals surface area (Å²) in [5.74, 6) is -0.398. The highest BCUT2D eigenvalue weighted by Crippen LogP contribution is 2.35. The van der Waals surface area contributed by atoms with Crippen molar-refractivity contribution in [3.63, 3.8) is 0 Å².